The van der Waals surface area contributed by atoms with Gasteiger partial charge in [0.15, 0.2) is 0 Å². The van der Waals surface area contributed by atoms with Crippen molar-refractivity contribution >= 4 is 22.6 Å². The average Bonchev–Trinajstić information content (AvgIpc) is 2.60. The van der Waals surface area contributed by atoms with E-state index >= 15 is 0 Å². The van der Waals surface area contributed by atoms with Gasteiger partial charge in [0.1, 0.15) is 11.6 Å². The molecular formula is C17H21N3O2. The molecular weight excluding hydrogens is 278 g/mol. The second-order valence-electron chi connectivity index (χ2n) is 5.60. The molecule has 5 heteroatoms. The van der Waals surface area contributed by atoms with Crippen LogP contribution in [0.3, 0.4) is 0 Å². The molecule has 5 nitrogen and oxygen atoms in total. The number of piperidine rings is 1. The molecule has 1 fully saturated rings. The highest BCUT2D eigenvalue weighted by Crippen LogP contribution is 2.25. The fourth-order valence-electron chi connectivity index (χ4n) is 2.97. The first kappa shape index (κ1) is 14.6. The molecule has 0 radical (unpaired) electrons. The van der Waals surface area contributed by atoms with Gasteiger partial charge in [-0.05, 0) is 43.2 Å². The van der Waals surface area contributed by atoms with Crippen LogP contribution in [0.4, 0.5) is 5.82 Å². The Bertz CT molecular complexity index is 679. The van der Waals surface area contributed by atoms with Gasteiger partial charge in [-0.1, -0.05) is 0 Å². The van der Waals surface area contributed by atoms with E-state index in [2.05, 4.69) is 16.3 Å². The number of hydrogen-bond acceptors (Lipinski definition) is 4. The van der Waals surface area contributed by atoms with Crippen molar-refractivity contribution in [3.05, 3.63) is 30.3 Å². The maximum Gasteiger partial charge on any atom is 0.222 e. The maximum absolute atomic E-state index is 11.7. The number of carbonyl (C=O) groups excluding carboxylic acids is 1. The Morgan fingerprint density at radius 1 is 1.27 bits per heavy atom. The summed E-state index contributed by atoms with van der Waals surface area (Å²) in [7, 11) is 3.37. The zero-order valence-corrected chi connectivity index (χ0v) is 13.0. The van der Waals surface area contributed by atoms with Crippen molar-refractivity contribution in [1.82, 2.24) is 10.3 Å². The number of nitrogens with one attached hydrogen (secondary N) is 1. The molecule has 2 heterocycles. The number of benzene rings is 1. The first-order chi connectivity index (χ1) is 10.7. The Morgan fingerprint density at radius 2 is 2.05 bits per heavy atom. The minimum Gasteiger partial charge on any atom is -0.497 e. The van der Waals surface area contributed by atoms with Crippen molar-refractivity contribution in [2.75, 3.05) is 32.1 Å². The van der Waals surface area contributed by atoms with Gasteiger partial charge in [-0.3, -0.25) is 4.79 Å². The lowest BCUT2D eigenvalue weighted by Crippen LogP contribution is -2.39. The molecule has 1 N–H and O–H groups in total. The highest BCUT2D eigenvalue weighted by atomic mass is 16.5. The summed E-state index contributed by atoms with van der Waals surface area (Å²) in [4.78, 5) is 18.7. The Kier molecular flexibility index (Phi) is 4.13. The zero-order valence-electron chi connectivity index (χ0n) is 13.0. The van der Waals surface area contributed by atoms with Crippen molar-refractivity contribution in [3.63, 3.8) is 0 Å². The summed E-state index contributed by atoms with van der Waals surface area (Å²) >= 11 is 0. The molecule has 0 atom stereocenters. The molecule has 1 aromatic heterocycles. The van der Waals surface area contributed by atoms with Gasteiger partial charge in [0.2, 0.25) is 5.91 Å². The van der Waals surface area contributed by atoms with Gasteiger partial charge in [-0.25, -0.2) is 4.98 Å². The molecule has 1 aliphatic rings. The van der Waals surface area contributed by atoms with Crippen LogP contribution in [-0.2, 0) is 4.79 Å². The van der Waals surface area contributed by atoms with Crippen molar-refractivity contribution in [2.24, 2.45) is 5.92 Å². The number of nitrogens with zero attached hydrogens (tertiary/aromatic N) is 2. The standard InChI is InChI=1S/C17H21N3O2/c1-18-17(21)12-7-9-20(10-8-12)16-6-3-13-11-14(22-2)4-5-15(13)19-16/h3-6,11-12H,7-10H2,1-2H3,(H,18,21). The Hall–Kier alpha value is -2.30. The quantitative estimate of drug-likeness (QED) is 0.944. The van der Waals surface area contributed by atoms with E-state index in [1.54, 1.807) is 14.2 Å². The van der Waals surface area contributed by atoms with Gasteiger partial charge >= 0.3 is 0 Å². The van der Waals surface area contributed by atoms with Crippen molar-refractivity contribution < 1.29 is 9.53 Å². The molecule has 1 aromatic carbocycles. The number of hydrogen-bond donors (Lipinski definition) is 1. The Morgan fingerprint density at radius 3 is 2.73 bits per heavy atom. The normalized spacial score (nSPS) is 15.8. The largest absolute Gasteiger partial charge is 0.497 e. The summed E-state index contributed by atoms with van der Waals surface area (Å²) in [6, 6.07) is 10.0. The van der Waals surface area contributed by atoms with Crippen LogP contribution in [0.15, 0.2) is 30.3 Å². The van der Waals surface area contributed by atoms with Gasteiger partial charge in [0.25, 0.3) is 0 Å². The van der Waals surface area contributed by atoms with Crippen LogP contribution in [-0.4, -0.2) is 38.1 Å². The summed E-state index contributed by atoms with van der Waals surface area (Å²) in [5.41, 5.74) is 0.965. The van der Waals surface area contributed by atoms with Crippen molar-refractivity contribution in [2.45, 2.75) is 12.8 Å². The molecule has 2 aromatic rings. The lowest BCUT2D eigenvalue weighted by atomic mass is 9.96. The third-order valence-electron chi connectivity index (χ3n) is 4.32. The van der Waals surface area contributed by atoms with Gasteiger partial charge in [-0.15, -0.1) is 0 Å². The second-order valence-corrected chi connectivity index (χ2v) is 5.60. The van der Waals surface area contributed by atoms with Crippen LogP contribution in [0, 0.1) is 5.92 Å². The number of rotatable bonds is 3. The van der Waals surface area contributed by atoms with E-state index in [4.69, 9.17) is 9.72 Å². The van der Waals surface area contributed by atoms with E-state index in [1.807, 2.05) is 24.3 Å². The molecule has 0 spiro atoms. The van der Waals surface area contributed by atoms with Crippen LogP contribution >= 0.6 is 0 Å². The molecule has 22 heavy (non-hydrogen) atoms. The highest BCUT2D eigenvalue weighted by Gasteiger charge is 2.24. The summed E-state index contributed by atoms with van der Waals surface area (Å²) in [5.74, 6) is 2.10. The zero-order chi connectivity index (χ0) is 15.5. The van der Waals surface area contributed by atoms with Crippen molar-refractivity contribution in [3.8, 4) is 5.75 Å². The summed E-state index contributed by atoms with van der Waals surface area (Å²) in [6.07, 6.45) is 1.75. The summed E-state index contributed by atoms with van der Waals surface area (Å²) < 4.78 is 5.24. The van der Waals surface area contributed by atoms with Crippen LogP contribution in [0.5, 0.6) is 5.75 Å². The fourth-order valence-corrected chi connectivity index (χ4v) is 2.97. The molecule has 0 bridgehead atoms. The average molecular weight is 299 g/mol. The minimum atomic E-state index is 0.131. The SMILES string of the molecule is CNC(=O)C1CCN(c2ccc3cc(OC)ccc3n2)CC1. The van der Waals surface area contributed by atoms with Crippen LogP contribution in [0.1, 0.15) is 12.8 Å². The molecule has 116 valence electrons. The third kappa shape index (κ3) is 2.84. The Balaban J connectivity index is 1.76. The van der Waals surface area contributed by atoms with E-state index in [-0.39, 0.29) is 11.8 Å². The third-order valence-corrected chi connectivity index (χ3v) is 4.32. The smallest absolute Gasteiger partial charge is 0.222 e. The van der Waals surface area contributed by atoms with Crippen LogP contribution in [0.2, 0.25) is 0 Å². The van der Waals surface area contributed by atoms with Gasteiger partial charge < -0.3 is 15.0 Å². The number of methoxy groups -OCH3 is 1. The van der Waals surface area contributed by atoms with E-state index in [0.29, 0.717) is 0 Å². The lowest BCUT2D eigenvalue weighted by molar-refractivity contribution is -0.125. The van der Waals surface area contributed by atoms with Gasteiger partial charge in [0.05, 0.1) is 12.6 Å². The predicted octanol–water partition coefficient (Wildman–Crippen LogP) is 2.21. The number of ether oxygens (including phenoxy) is 1. The van der Waals surface area contributed by atoms with E-state index < -0.39 is 0 Å². The van der Waals surface area contributed by atoms with E-state index in [0.717, 1.165) is 48.4 Å². The molecule has 1 amide bonds. The number of amides is 1. The highest BCUT2D eigenvalue weighted by molar-refractivity contribution is 5.82. The van der Waals surface area contributed by atoms with Gasteiger partial charge in [-0.2, -0.15) is 0 Å². The van der Waals surface area contributed by atoms with E-state index in [1.165, 1.54) is 0 Å². The molecule has 1 aliphatic heterocycles. The number of anilines is 1. The van der Waals surface area contributed by atoms with Crippen LogP contribution < -0.4 is 15.0 Å². The molecule has 1 saturated heterocycles. The molecule has 0 saturated carbocycles. The molecule has 3 rings (SSSR count). The summed E-state index contributed by atoms with van der Waals surface area (Å²) in [5, 5.41) is 3.81. The molecule has 0 unspecified atom stereocenters. The predicted molar refractivity (Wildman–Crippen MR) is 87.3 cm³/mol. The fraction of sp³-hybridized carbons (Fsp3) is 0.412. The van der Waals surface area contributed by atoms with Crippen molar-refractivity contribution in [1.29, 1.82) is 0 Å². The number of carbonyl (C=O) groups is 1. The topological polar surface area (TPSA) is 54.5 Å². The lowest BCUT2D eigenvalue weighted by Gasteiger charge is -2.32. The number of aromatic nitrogens is 1. The Labute approximate surface area is 130 Å². The van der Waals surface area contributed by atoms with Gasteiger partial charge in [0, 0.05) is 31.4 Å². The monoisotopic (exact) mass is 299 g/mol. The first-order valence-electron chi connectivity index (χ1n) is 7.62. The molecule has 0 aliphatic carbocycles. The second kappa shape index (κ2) is 6.22. The number of pyridine rings is 1. The number of fused-ring (bicyclic) bond motifs is 1. The summed E-state index contributed by atoms with van der Waals surface area (Å²) in [6.45, 7) is 1.74. The minimum absolute atomic E-state index is 0.131. The first-order valence-corrected chi connectivity index (χ1v) is 7.62. The van der Waals surface area contributed by atoms with Crippen LogP contribution in [0.25, 0.3) is 10.9 Å². The maximum atomic E-state index is 11.7. The van der Waals surface area contributed by atoms with E-state index in [9.17, 15) is 4.79 Å².